The number of nitrogens with zero attached hydrogens (tertiary/aromatic N) is 1. The Morgan fingerprint density at radius 3 is 2.42 bits per heavy atom. The molecule has 0 bridgehead atoms. The zero-order valence-electron chi connectivity index (χ0n) is 15.7. The summed E-state index contributed by atoms with van der Waals surface area (Å²) in [6.45, 7) is 7.34. The Morgan fingerprint density at radius 2 is 1.85 bits per heavy atom. The number of guanidine groups is 1. The molecule has 2 amide bonds. The molecule has 1 aromatic rings. The van der Waals surface area contributed by atoms with Gasteiger partial charge in [-0.2, -0.15) is 0 Å². The molecule has 0 atom stereocenters. The van der Waals surface area contributed by atoms with Gasteiger partial charge in [-0.1, -0.05) is 24.3 Å². The molecular weight excluding hydrogens is 441 g/mol. The number of carbonyl (C=O) groups excluding carboxylic acids is 1. The van der Waals surface area contributed by atoms with E-state index in [1.54, 1.807) is 0 Å². The van der Waals surface area contributed by atoms with E-state index in [1.165, 1.54) is 0 Å². The summed E-state index contributed by atoms with van der Waals surface area (Å²) in [4.78, 5) is 16.3. The topological polar surface area (TPSA) is 77.5 Å². The lowest BCUT2D eigenvalue weighted by Gasteiger charge is -2.16. The lowest BCUT2D eigenvalue weighted by atomic mass is 10.2. The minimum absolute atomic E-state index is 0. The van der Waals surface area contributed by atoms with Gasteiger partial charge in [0.25, 0.3) is 0 Å². The highest BCUT2D eigenvalue weighted by molar-refractivity contribution is 14.0. The van der Waals surface area contributed by atoms with Gasteiger partial charge in [0.2, 0.25) is 0 Å². The summed E-state index contributed by atoms with van der Waals surface area (Å²) in [7, 11) is 0. The van der Waals surface area contributed by atoms with Gasteiger partial charge in [-0.15, -0.1) is 24.0 Å². The Hall–Kier alpha value is -1.77. The van der Waals surface area contributed by atoms with Crippen molar-refractivity contribution in [2.75, 3.05) is 11.9 Å². The molecule has 0 aromatic heterocycles. The van der Waals surface area contributed by atoms with Gasteiger partial charge >= 0.3 is 6.03 Å². The highest BCUT2D eigenvalue weighted by Crippen LogP contribution is 2.11. The van der Waals surface area contributed by atoms with Crippen LogP contribution in [0.3, 0.4) is 0 Å². The first-order valence-electron chi connectivity index (χ1n) is 8.93. The third-order valence-electron chi connectivity index (χ3n) is 3.74. The summed E-state index contributed by atoms with van der Waals surface area (Å²) in [6.07, 6.45) is 6.48. The van der Waals surface area contributed by atoms with E-state index in [2.05, 4.69) is 45.3 Å². The quantitative estimate of drug-likeness (QED) is 0.222. The van der Waals surface area contributed by atoms with Crippen molar-refractivity contribution in [3.63, 3.8) is 0 Å². The molecule has 6 nitrogen and oxygen atoms in total. The molecule has 0 saturated heterocycles. The van der Waals surface area contributed by atoms with Crippen molar-refractivity contribution in [1.29, 1.82) is 0 Å². The van der Waals surface area contributed by atoms with E-state index in [9.17, 15) is 4.79 Å². The average Bonchev–Trinajstić information content (AvgIpc) is 3.06. The van der Waals surface area contributed by atoms with Gasteiger partial charge in [-0.3, -0.25) is 0 Å². The fourth-order valence-corrected chi connectivity index (χ4v) is 2.54. The van der Waals surface area contributed by atoms with E-state index in [0.29, 0.717) is 12.6 Å². The van der Waals surface area contributed by atoms with Gasteiger partial charge < -0.3 is 21.3 Å². The van der Waals surface area contributed by atoms with Crippen molar-refractivity contribution in [1.82, 2.24) is 16.0 Å². The minimum Gasteiger partial charge on any atom is -0.357 e. The van der Waals surface area contributed by atoms with Crippen LogP contribution in [-0.2, 0) is 6.54 Å². The maximum absolute atomic E-state index is 11.7. The second kappa shape index (κ2) is 11.8. The van der Waals surface area contributed by atoms with E-state index < -0.39 is 0 Å². The highest BCUT2D eigenvalue weighted by atomic mass is 127. The van der Waals surface area contributed by atoms with Gasteiger partial charge in [0.15, 0.2) is 5.96 Å². The van der Waals surface area contributed by atoms with Gasteiger partial charge in [0, 0.05) is 24.3 Å². The van der Waals surface area contributed by atoms with E-state index >= 15 is 0 Å². The molecule has 1 aromatic carbocycles. The Balaban J connectivity index is 0.00000338. The third kappa shape index (κ3) is 8.07. The molecule has 4 N–H and O–H groups in total. The summed E-state index contributed by atoms with van der Waals surface area (Å²) >= 11 is 0. The molecule has 0 saturated carbocycles. The Kier molecular flexibility index (Phi) is 10.1. The van der Waals surface area contributed by atoms with Crippen LogP contribution in [0.15, 0.2) is 41.4 Å². The van der Waals surface area contributed by atoms with Crippen LogP contribution in [0.1, 0.15) is 39.2 Å². The Morgan fingerprint density at radius 1 is 1.19 bits per heavy atom. The smallest absolute Gasteiger partial charge is 0.319 e. The number of hydrogen-bond acceptors (Lipinski definition) is 2. The molecule has 0 aliphatic heterocycles. The number of anilines is 1. The SMILES string of the molecule is CCNC(=NCc1ccc(NC(=O)NC(C)C)cc1)NC1CC=CC1.I. The monoisotopic (exact) mass is 471 g/mol. The lowest BCUT2D eigenvalue weighted by molar-refractivity contribution is 0.250. The second-order valence-electron chi connectivity index (χ2n) is 6.43. The van der Waals surface area contributed by atoms with Crippen molar-refractivity contribution < 1.29 is 4.79 Å². The van der Waals surface area contributed by atoms with Crippen LogP contribution in [0.25, 0.3) is 0 Å². The van der Waals surface area contributed by atoms with Gasteiger partial charge in [0.05, 0.1) is 6.54 Å². The first-order valence-corrected chi connectivity index (χ1v) is 8.93. The molecule has 1 aliphatic carbocycles. The summed E-state index contributed by atoms with van der Waals surface area (Å²) in [5.74, 6) is 0.842. The summed E-state index contributed by atoms with van der Waals surface area (Å²) in [6, 6.07) is 8.11. The third-order valence-corrected chi connectivity index (χ3v) is 3.74. The zero-order chi connectivity index (χ0) is 18.1. The van der Waals surface area contributed by atoms with Crippen molar-refractivity contribution in [3.05, 3.63) is 42.0 Å². The molecule has 0 fully saturated rings. The zero-order valence-corrected chi connectivity index (χ0v) is 18.0. The molecule has 0 radical (unpaired) electrons. The number of amides is 2. The number of urea groups is 1. The normalized spacial score (nSPS) is 14.1. The molecule has 0 heterocycles. The number of nitrogens with one attached hydrogen (secondary N) is 4. The first kappa shape index (κ1) is 22.3. The number of halogens is 1. The van der Waals surface area contributed by atoms with Crippen LogP contribution in [0.4, 0.5) is 10.5 Å². The molecule has 26 heavy (non-hydrogen) atoms. The van der Waals surface area contributed by atoms with Crippen LogP contribution >= 0.6 is 24.0 Å². The van der Waals surface area contributed by atoms with Crippen LogP contribution in [0.5, 0.6) is 0 Å². The van der Waals surface area contributed by atoms with Crippen LogP contribution in [0, 0.1) is 0 Å². The fraction of sp³-hybridized carbons (Fsp3) is 0.474. The van der Waals surface area contributed by atoms with Crippen molar-refractivity contribution >= 4 is 41.7 Å². The standard InChI is InChI=1S/C19H29N5O.HI/c1-4-20-18(23-16-7-5-6-8-16)21-13-15-9-11-17(12-10-15)24-19(25)22-14(2)3;/h5-6,9-12,14,16H,4,7-8,13H2,1-3H3,(H2,20,21,23)(H2,22,24,25);1H. The van der Waals surface area contributed by atoms with Gasteiger partial charge in [0.1, 0.15) is 0 Å². The fourth-order valence-electron chi connectivity index (χ4n) is 2.54. The Labute approximate surface area is 173 Å². The minimum atomic E-state index is -0.190. The summed E-state index contributed by atoms with van der Waals surface area (Å²) in [5, 5.41) is 12.4. The van der Waals surface area contributed by atoms with Gasteiger partial charge in [-0.05, 0) is 51.3 Å². The second-order valence-corrected chi connectivity index (χ2v) is 6.43. The summed E-state index contributed by atoms with van der Waals surface area (Å²) < 4.78 is 0. The molecule has 7 heteroatoms. The van der Waals surface area contributed by atoms with Crippen LogP contribution in [-0.4, -0.2) is 30.6 Å². The highest BCUT2D eigenvalue weighted by Gasteiger charge is 2.11. The maximum atomic E-state index is 11.7. The van der Waals surface area contributed by atoms with Gasteiger partial charge in [-0.25, -0.2) is 9.79 Å². The maximum Gasteiger partial charge on any atom is 0.319 e. The van der Waals surface area contributed by atoms with E-state index in [0.717, 1.165) is 36.6 Å². The van der Waals surface area contributed by atoms with E-state index in [1.807, 2.05) is 38.1 Å². The van der Waals surface area contributed by atoms with Crippen LogP contribution < -0.4 is 21.3 Å². The summed E-state index contributed by atoms with van der Waals surface area (Å²) in [5.41, 5.74) is 1.87. The van der Waals surface area contributed by atoms with Crippen molar-refractivity contribution in [2.24, 2.45) is 4.99 Å². The molecule has 2 rings (SSSR count). The first-order chi connectivity index (χ1) is 12.1. The predicted octanol–water partition coefficient (Wildman–Crippen LogP) is 3.61. The number of aliphatic imine (C=N–C) groups is 1. The van der Waals surface area contributed by atoms with Crippen molar-refractivity contribution in [2.45, 2.75) is 52.2 Å². The number of benzene rings is 1. The Bertz CT molecular complexity index is 605. The molecule has 144 valence electrons. The lowest BCUT2D eigenvalue weighted by Crippen LogP contribution is -2.42. The van der Waals surface area contributed by atoms with E-state index in [4.69, 9.17) is 0 Å². The number of carbonyl (C=O) groups is 1. The van der Waals surface area contributed by atoms with Crippen LogP contribution in [0.2, 0.25) is 0 Å². The predicted molar refractivity (Wildman–Crippen MR) is 119 cm³/mol. The molecule has 1 aliphatic rings. The van der Waals surface area contributed by atoms with Crippen molar-refractivity contribution in [3.8, 4) is 0 Å². The van der Waals surface area contributed by atoms with E-state index in [-0.39, 0.29) is 36.0 Å². The largest absolute Gasteiger partial charge is 0.357 e. The molecule has 0 unspecified atom stereocenters. The molecular formula is C19H30IN5O. The molecule has 0 spiro atoms. The number of hydrogen-bond donors (Lipinski definition) is 4. The number of rotatable bonds is 6. The average molecular weight is 471 g/mol.